The molecule has 4 heteroatoms. The van der Waals surface area contributed by atoms with Crippen LogP contribution in [-0.4, -0.2) is 6.09 Å². The summed E-state index contributed by atoms with van der Waals surface area (Å²) in [6.45, 7) is 2.05. The number of hydrogen-bond donors (Lipinski definition) is 1. The van der Waals surface area contributed by atoms with Gasteiger partial charge in [0.15, 0.2) is 0 Å². The number of rotatable bonds is 4. The SMILES string of the molecule is CCCC(OC(N)=O)c1ccccc1I. The van der Waals surface area contributed by atoms with Crippen LogP contribution in [0.25, 0.3) is 0 Å². The second-order valence-corrected chi connectivity index (χ2v) is 4.40. The summed E-state index contributed by atoms with van der Waals surface area (Å²) in [5.41, 5.74) is 6.07. The number of primary amides is 1. The lowest BCUT2D eigenvalue weighted by molar-refractivity contribution is 0.100. The zero-order valence-electron chi connectivity index (χ0n) is 8.57. The first-order valence-corrected chi connectivity index (χ1v) is 5.93. The normalized spacial score (nSPS) is 12.1. The molecule has 0 radical (unpaired) electrons. The van der Waals surface area contributed by atoms with Crippen molar-refractivity contribution in [1.29, 1.82) is 0 Å². The number of nitrogens with two attached hydrogens (primary N) is 1. The molecule has 1 atom stereocenters. The minimum atomic E-state index is -0.715. The molecule has 0 aliphatic heterocycles. The molecule has 0 saturated heterocycles. The van der Waals surface area contributed by atoms with Crippen molar-refractivity contribution in [2.75, 3.05) is 0 Å². The van der Waals surface area contributed by atoms with Gasteiger partial charge in [-0.25, -0.2) is 4.79 Å². The maximum atomic E-state index is 10.8. The Bertz CT molecular complexity index is 341. The van der Waals surface area contributed by atoms with Gasteiger partial charge in [-0.2, -0.15) is 0 Å². The second kappa shape index (κ2) is 5.95. The summed E-state index contributed by atoms with van der Waals surface area (Å²) >= 11 is 2.23. The third kappa shape index (κ3) is 3.70. The van der Waals surface area contributed by atoms with Crippen molar-refractivity contribution in [1.82, 2.24) is 0 Å². The van der Waals surface area contributed by atoms with E-state index in [9.17, 15) is 4.79 Å². The Hall–Kier alpha value is -0.780. The summed E-state index contributed by atoms with van der Waals surface area (Å²) in [5, 5.41) is 0. The van der Waals surface area contributed by atoms with Crippen molar-refractivity contribution in [3.8, 4) is 0 Å². The van der Waals surface area contributed by atoms with E-state index < -0.39 is 6.09 Å². The molecule has 1 unspecified atom stereocenters. The zero-order chi connectivity index (χ0) is 11.3. The van der Waals surface area contributed by atoms with Gasteiger partial charge < -0.3 is 10.5 Å². The smallest absolute Gasteiger partial charge is 0.405 e. The number of amides is 1. The van der Waals surface area contributed by atoms with Crippen molar-refractivity contribution in [3.05, 3.63) is 33.4 Å². The minimum Gasteiger partial charge on any atom is -0.441 e. The van der Waals surface area contributed by atoms with E-state index in [-0.39, 0.29) is 6.10 Å². The third-order valence-electron chi connectivity index (χ3n) is 2.06. The first-order chi connectivity index (χ1) is 7.15. The van der Waals surface area contributed by atoms with Gasteiger partial charge in [0.05, 0.1) is 0 Å². The average Bonchev–Trinajstić information content (AvgIpc) is 2.17. The van der Waals surface area contributed by atoms with Gasteiger partial charge in [-0.05, 0) is 35.1 Å². The number of ether oxygens (including phenoxy) is 1. The lowest BCUT2D eigenvalue weighted by atomic mass is 10.1. The Kier molecular flexibility index (Phi) is 4.87. The van der Waals surface area contributed by atoms with E-state index in [1.807, 2.05) is 31.2 Å². The number of hydrogen-bond acceptors (Lipinski definition) is 2. The van der Waals surface area contributed by atoms with Crippen molar-refractivity contribution in [3.63, 3.8) is 0 Å². The lowest BCUT2D eigenvalue weighted by Gasteiger charge is -2.17. The summed E-state index contributed by atoms with van der Waals surface area (Å²) in [6.07, 6.45) is 0.806. The van der Waals surface area contributed by atoms with Crippen LogP contribution in [0, 0.1) is 3.57 Å². The highest BCUT2D eigenvalue weighted by atomic mass is 127. The first kappa shape index (κ1) is 12.3. The summed E-state index contributed by atoms with van der Waals surface area (Å²) in [7, 11) is 0. The summed E-state index contributed by atoms with van der Waals surface area (Å²) in [5.74, 6) is 0. The lowest BCUT2D eigenvalue weighted by Crippen LogP contribution is -2.18. The highest BCUT2D eigenvalue weighted by Crippen LogP contribution is 2.26. The fourth-order valence-electron chi connectivity index (χ4n) is 1.42. The average molecular weight is 319 g/mol. The molecule has 0 aromatic heterocycles. The molecule has 0 saturated carbocycles. The third-order valence-corrected chi connectivity index (χ3v) is 3.04. The van der Waals surface area contributed by atoms with Gasteiger partial charge in [0, 0.05) is 9.13 Å². The van der Waals surface area contributed by atoms with Crippen molar-refractivity contribution >= 4 is 28.7 Å². The van der Waals surface area contributed by atoms with Crippen molar-refractivity contribution in [2.24, 2.45) is 5.73 Å². The van der Waals surface area contributed by atoms with E-state index in [1.54, 1.807) is 0 Å². The van der Waals surface area contributed by atoms with Crippen LogP contribution in [0.3, 0.4) is 0 Å². The molecule has 1 aromatic rings. The molecule has 0 spiro atoms. The van der Waals surface area contributed by atoms with Crippen LogP contribution in [-0.2, 0) is 4.74 Å². The van der Waals surface area contributed by atoms with Crippen molar-refractivity contribution < 1.29 is 9.53 Å². The molecule has 0 fully saturated rings. The van der Waals surface area contributed by atoms with Crippen LogP contribution in [0.4, 0.5) is 4.79 Å². The number of benzene rings is 1. The molecule has 0 heterocycles. The number of halogens is 1. The number of carbonyl (C=O) groups is 1. The molecule has 1 amide bonds. The Balaban J connectivity index is 2.88. The fraction of sp³-hybridized carbons (Fsp3) is 0.364. The second-order valence-electron chi connectivity index (χ2n) is 3.24. The van der Waals surface area contributed by atoms with E-state index in [0.717, 1.165) is 22.0 Å². The van der Waals surface area contributed by atoms with Crippen LogP contribution < -0.4 is 5.73 Å². The van der Waals surface area contributed by atoms with E-state index in [2.05, 4.69) is 22.6 Å². The number of carbonyl (C=O) groups excluding carboxylic acids is 1. The molecular formula is C11H14INO2. The van der Waals surface area contributed by atoms with Gasteiger partial charge in [-0.3, -0.25) is 0 Å². The van der Waals surface area contributed by atoms with E-state index in [0.29, 0.717) is 0 Å². The Morgan fingerprint density at radius 1 is 1.53 bits per heavy atom. The van der Waals surface area contributed by atoms with Crippen LogP contribution in [0.1, 0.15) is 31.4 Å². The van der Waals surface area contributed by atoms with Crippen LogP contribution >= 0.6 is 22.6 Å². The van der Waals surface area contributed by atoms with E-state index in [4.69, 9.17) is 10.5 Å². The Morgan fingerprint density at radius 2 is 2.20 bits per heavy atom. The molecular weight excluding hydrogens is 305 g/mol. The fourth-order valence-corrected chi connectivity index (χ4v) is 2.15. The summed E-state index contributed by atoms with van der Waals surface area (Å²) in [4.78, 5) is 10.8. The maximum Gasteiger partial charge on any atom is 0.405 e. The molecule has 1 rings (SSSR count). The standard InChI is InChI=1S/C11H14INO2/c1-2-5-10(15-11(13)14)8-6-3-4-7-9(8)12/h3-4,6-7,10H,2,5H2,1H3,(H2,13,14). The molecule has 2 N–H and O–H groups in total. The van der Waals surface area contributed by atoms with Crippen molar-refractivity contribution in [2.45, 2.75) is 25.9 Å². The van der Waals surface area contributed by atoms with Gasteiger partial charge in [0.1, 0.15) is 6.10 Å². The predicted octanol–water partition coefficient (Wildman–Crippen LogP) is 3.23. The zero-order valence-corrected chi connectivity index (χ0v) is 10.7. The van der Waals surface area contributed by atoms with Gasteiger partial charge in [-0.1, -0.05) is 31.5 Å². The monoisotopic (exact) mass is 319 g/mol. The Morgan fingerprint density at radius 3 is 2.73 bits per heavy atom. The predicted molar refractivity (Wildman–Crippen MR) is 67.5 cm³/mol. The maximum absolute atomic E-state index is 10.8. The van der Waals surface area contributed by atoms with Crippen LogP contribution in [0.2, 0.25) is 0 Å². The van der Waals surface area contributed by atoms with Crippen LogP contribution in [0.15, 0.2) is 24.3 Å². The minimum absolute atomic E-state index is 0.222. The molecule has 0 aliphatic carbocycles. The summed E-state index contributed by atoms with van der Waals surface area (Å²) < 4.78 is 6.18. The molecule has 0 bridgehead atoms. The molecule has 1 aromatic carbocycles. The van der Waals surface area contributed by atoms with E-state index in [1.165, 1.54) is 0 Å². The van der Waals surface area contributed by atoms with Gasteiger partial charge >= 0.3 is 6.09 Å². The molecule has 15 heavy (non-hydrogen) atoms. The molecule has 3 nitrogen and oxygen atoms in total. The van der Waals surface area contributed by atoms with E-state index >= 15 is 0 Å². The molecule has 0 aliphatic rings. The van der Waals surface area contributed by atoms with Crippen LogP contribution in [0.5, 0.6) is 0 Å². The highest BCUT2D eigenvalue weighted by Gasteiger charge is 2.16. The highest BCUT2D eigenvalue weighted by molar-refractivity contribution is 14.1. The van der Waals surface area contributed by atoms with Gasteiger partial charge in [0.2, 0.25) is 0 Å². The van der Waals surface area contributed by atoms with Gasteiger partial charge in [-0.15, -0.1) is 0 Å². The summed E-state index contributed by atoms with van der Waals surface area (Å²) in [6, 6.07) is 7.84. The largest absolute Gasteiger partial charge is 0.441 e. The first-order valence-electron chi connectivity index (χ1n) is 4.85. The Labute approximate surface area is 103 Å². The molecule has 82 valence electrons. The quantitative estimate of drug-likeness (QED) is 0.866. The van der Waals surface area contributed by atoms with Gasteiger partial charge in [0.25, 0.3) is 0 Å². The topological polar surface area (TPSA) is 52.3 Å².